The van der Waals surface area contributed by atoms with Crippen molar-refractivity contribution in [1.82, 2.24) is 20.3 Å². The minimum Gasteiger partial charge on any atom is -0.393 e. The molecule has 4 N–H and O–H groups in total. The summed E-state index contributed by atoms with van der Waals surface area (Å²) >= 11 is 0. The van der Waals surface area contributed by atoms with Gasteiger partial charge in [0.2, 0.25) is 5.91 Å². The van der Waals surface area contributed by atoms with Gasteiger partial charge in [0.25, 0.3) is 0 Å². The Morgan fingerprint density at radius 1 is 1.17 bits per heavy atom. The maximum atomic E-state index is 11.6. The highest BCUT2D eigenvalue weighted by Crippen LogP contribution is 2.50. The molecule has 1 aromatic heterocycles. The lowest BCUT2D eigenvalue weighted by Gasteiger charge is -2.47. The van der Waals surface area contributed by atoms with E-state index >= 15 is 0 Å². The number of primary amides is 1. The molecule has 0 radical (unpaired) electrons. The Labute approximate surface area is 177 Å². The van der Waals surface area contributed by atoms with Gasteiger partial charge in [-0.3, -0.25) is 9.69 Å². The van der Waals surface area contributed by atoms with Crippen LogP contribution in [0.2, 0.25) is 0 Å². The molecule has 3 heterocycles. The highest BCUT2D eigenvalue weighted by atomic mass is 16.3. The number of carbonyl (C=O) groups is 1. The summed E-state index contributed by atoms with van der Waals surface area (Å²) in [5.74, 6) is 0.281. The van der Waals surface area contributed by atoms with Crippen LogP contribution in [0.15, 0.2) is 30.5 Å². The average Bonchev–Trinajstić information content (AvgIpc) is 3.36. The second-order valence-electron chi connectivity index (χ2n) is 9.35. The zero-order chi connectivity index (χ0) is 20.7. The van der Waals surface area contributed by atoms with Crippen LogP contribution >= 0.6 is 0 Å². The van der Waals surface area contributed by atoms with Crippen molar-refractivity contribution in [2.24, 2.45) is 11.7 Å². The van der Waals surface area contributed by atoms with Crippen LogP contribution in [-0.2, 0) is 0 Å². The smallest absolute Gasteiger partial charge is 0.248 e. The van der Waals surface area contributed by atoms with E-state index in [1.807, 2.05) is 18.3 Å². The van der Waals surface area contributed by atoms with Crippen molar-refractivity contribution < 1.29 is 9.90 Å². The summed E-state index contributed by atoms with van der Waals surface area (Å²) < 4.78 is 0. The maximum absolute atomic E-state index is 11.6. The quantitative estimate of drug-likeness (QED) is 0.704. The first-order chi connectivity index (χ1) is 14.6. The van der Waals surface area contributed by atoms with E-state index in [-0.39, 0.29) is 24.0 Å². The van der Waals surface area contributed by atoms with Gasteiger partial charge in [0.1, 0.15) is 0 Å². The van der Waals surface area contributed by atoms with Crippen LogP contribution in [0, 0.1) is 5.92 Å². The molecular formula is C23H31N5O2. The van der Waals surface area contributed by atoms with Crippen molar-refractivity contribution in [3.05, 3.63) is 47.3 Å². The van der Waals surface area contributed by atoms with Gasteiger partial charge in [-0.05, 0) is 62.1 Å². The summed E-state index contributed by atoms with van der Waals surface area (Å²) in [4.78, 5) is 14.3. The van der Waals surface area contributed by atoms with E-state index in [1.165, 1.54) is 24.8 Å². The molecule has 2 aliphatic heterocycles. The third kappa shape index (κ3) is 3.54. The predicted molar refractivity (Wildman–Crippen MR) is 113 cm³/mol. The van der Waals surface area contributed by atoms with E-state index in [2.05, 4.69) is 26.4 Å². The molecule has 0 spiro atoms. The molecule has 5 rings (SSSR count). The summed E-state index contributed by atoms with van der Waals surface area (Å²) in [5, 5.41) is 22.2. The lowest BCUT2D eigenvalue weighted by Crippen LogP contribution is -2.49. The Bertz CT molecular complexity index is 871. The topological polar surface area (TPSA) is 108 Å². The number of aliphatic hydroxyl groups excluding tert-OH is 1. The van der Waals surface area contributed by atoms with Gasteiger partial charge < -0.3 is 10.8 Å². The fourth-order valence-corrected chi connectivity index (χ4v) is 6.34. The van der Waals surface area contributed by atoms with Gasteiger partial charge in [-0.1, -0.05) is 25.0 Å². The van der Waals surface area contributed by atoms with Crippen molar-refractivity contribution in [3.8, 4) is 0 Å². The van der Waals surface area contributed by atoms with E-state index in [0.29, 0.717) is 23.6 Å². The third-order valence-corrected chi connectivity index (χ3v) is 7.68. The fourth-order valence-electron chi connectivity index (χ4n) is 6.34. The highest BCUT2D eigenvalue weighted by molar-refractivity contribution is 5.92. The lowest BCUT2D eigenvalue weighted by atomic mass is 9.77. The van der Waals surface area contributed by atoms with Crippen LogP contribution < -0.4 is 5.73 Å². The summed E-state index contributed by atoms with van der Waals surface area (Å²) in [6, 6.07) is 8.88. The first-order valence-electron chi connectivity index (χ1n) is 11.3. The zero-order valence-corrected chi connectivity index (χ0v) is 17.3. The summed E-state index contributed by atoms with van der Waals surface area (Å²) in [6.45, 7) is 0. The van der Waals surface area contributed by atoms with Gasteiger partial charge >= 0.3 is 0 Å². The van der Waals surface area contributed by atoms with E-state index in [9.17, 15) is 9.90 Å². The van der Waals surface area contributed by atoms with Crippen LogP contribution in [0.25, 0.3) is 0 Å². The second kappa shape index (κ2) is 8.12. The number of rotatable bonds is 5. The predicted octanol–water partition coefficient (Wildman–Crippen LogP) is 2.91. The molecular weight excluding hydrogens is 378 g/mol. The van der Waals surface area contributed by atoms with Crippen LogP contribution in [0.3, 0.4) is 0 Å². The normalized spacial score (nSPS) is 32.8. The van der Waals surface area contributed by atoms with Crippen molar-refractivity contribution in [1.29, 1.82) is 0 Å². The number of piperidine rings is 1. The Kier molecular flexibility index (Phi) is 5.33. The number of amides is 1. The van der Waals surface area contributed by atoms with Crippen LogP contribution in [0.1, 0.15) is 84.9 Å². The monoisotopic (exact) mass is 409 g/mol. The molecule has 160 valence electrons. The number of hydrogen-bond acceptors (Lipinski definition) is 5. The fraction of sp³-hybridized carbons (Fsp3) is 0.609. The summed E-state index contributed by atoms with van der Waals surface area (Å²) in [7, 11) is 0. The number of benzene rings is 1. The van der Waals surface area contributed by atoms with E-state index in [1.54, 1.807) is 6.07 Å². The van der Waals surface area contributed by atoms with Gasteiger partial charge in [-0.2, -0.15) is 15.4 Å². The number of aromatic amines is 1. The van der Waals surface area contributed by atoms with Crippen molar-refractivity contribution in [2.75, 3.05) is 0 Å². The number of hydrogen-bond donors (Lipinski definition) is 3. The van der Waals surface area contributed by atoms with Crippen molar-refractivity contribution in [3.63, 3.8) is 0 Å². The van der Waals surface area contributed by atoms with Crippen LogP contribution in [-0.4, -0.2) is 49.5 Å². The van der Waals surface area contributed by atoms with Gasteiger partial charge in [0.05, 0.1) is 24.0 Å². The number of nitrogens with zero attached hydrogens (tertiary/aromatic N) is 3. The van der Waals surface area contributed by atoms with Gasteiger partial charge in [0, 0.05) is 23.6 Å². The van der Waals surface area contributed by atoms with E-state index in [4.69, 9.17) is 5.73 Å². The number of nitrogens with two attached hydrogens (primary N) is 1. The molecule has 7 nitrogen and oxygen atoms in total. The molecule has 1 saturated carbocycles. The Hall–Kier alpha value is -2.25. The minimum atomic E-state index is -0.366. The molecule has 4 unspecified atom stereocenters. The Balaban J connectivity index is 1.42. The number of nitrogens with one attached hydrogen (secondary N) is 1. The number of fused-ring (bicyclic) bond motifs is 2. The maximum Gasteiger partial charge on any atom is 0.248 e. The SMILES string of the molecule is NC(=O)c1cccc(C2CC3CCC(C2)N3C(c2cn[nH]n2)C2CCCC[C@H]2O)c1. The van der Waals surface area contributed by atoms with Crippen LogP contribution in [0.5, 0.6) is 0 Å². The molecule has 7 heteroatoms. The average molecular weight is 410 g/mol. The second-order valence-corrected chi connectivity index (χ2v) is 9.35. The number of aromatic nitrogens is 3. The molecule has 1 amide bonds. The van der Waals surface area contributed by atoms with Crippen molar-refractivity contribution >= 4 is 5.91 Å². The number of aliphatic hydroxyl groups is 1. The Morgan fingerprint density at radius 2 is 1.93 bits per heavy atom. The molecule has 1 aliphatic carbocycles. The van der Waals surface area contributed by atoms with E-state index < -0.39 is 0 Å². The zero-order valence-electron chi connectivity index (χ0n) is 17.3. The van der Waals surface area contributed by atoms with E-state index in [0.717, 1.165) is 37.8 Å². The highest BCUT2D eigenvalue weighted by Gasteiger charge is 2.48. The number of carbonyl (C=O) groups excluding carboxylic acids is 1. The molecule has 2 bridgehead atoms. The lowest BCUT2D eigenvalue weighted by molar-refractivity contribution is -0.0264. The molecule has 1 aromatic carbocycles. The minimum absolute atomic E-state index is 0.120. The van der Waals surface area contributed by atoms with Crippen LogP contribution in [0.4, 0.5) is 0 Å². The van der Waals surface area contributed by atoms with Crippen molar-refractivity contribution in [2.45, 2.75) is 81.5 Å². The molecule has 5 atom stereocenters. The molecule has 2 saturated heterocycles. The van der Waals surface area contributed by atoms with Gasteiger partial charge in [0.15, 0.2) is 0 Å². The molecule has 30 heavy (non-hydrogen) atoms. The third-order valence-electron chi connectivity index (χ3n) is 7.68. The first-order valence-corrected chi connectivity index (χ1v) is 11.3. The standard InChI is InChI=1S/C23H31N5O2/c24-23(30)15-5-3-4-14(10-15)16-11-17-8-9-18(12-16)28(17)22(20-13-25-27-26-20)19-6-1-2-7-21(19)29/h3-5,10,13,16-19,21-22,29H,1-2,6-9,11-12H2,(H2,24,30)(H,25,26,27)/t16?,17?,18?,19?,21-,22?/m1/s1. The molecule has 3 aliphatic rings. The molecule has 3 fully saturated rings. The van der Waals surface area contributed by atoms with Gasteiger partial charge in [-0.25, -0.2) is 0 Å². The first kappa shape index (κ1) is 19.7. The molecule has 2 aromatic rings. The summed E-state index contributed by atoms with van der Waals surface area (Å²) in [6.07, 6.45) is 10.2. The summed E-state index contributed by atoms with van der Waals surface area (Å²) in [5.41, 5.74) is 8.28. The number of H-pyrrole nitrogens is 1. The Morgan fingerprint density at radius 3 is 2.60 bits per heavy atom. The largest absolute Gasteiger partial charge is 0.393 e. The van der Waals surface area contributed by atoms with Gasteiger partial charge in [-0.15, -0.1) is 0 Å².